The molecule has 218 valence electrons. The third kappa shape index (κ3) is 6.85. The standard InChI is InChI=1S/C30H41N3O6S/c1-5-7-8-16-39-23-11-10-22(19-24(23)38-6-2)26-25(27(34)29-20(3)31-21(4)40-29)28(35)30(36)33(26)13-9-12-32-14-17-37-18-15-32/h10-11,19,26,35H,5-9,12-18H2,1-4H3. The van der Waals surface area contributed by atoms with E-state index in [0.717, 1.165) is 43.9 Å². The molecule has 1 amide bonds. The zero-order chi connectivity index (χ0) is 28.6. The van der Waals surface area contributed by atoms with E-state index in [4.69, 9.17) is 14.2 Å². The van der Waals surface area contributed by atoms with Crippen molar-refractivity contribution in [2.45, 2.75) is 59.4 Å². The van der Waals surface area contributed by atoms with E-state index in [0.29, 0.717) is 67.0 Å². The van der Waals surface area contributed by atoms with Crippen LogP contribution in [0, 0.1) is 13.8 Å². The minimum absolute atomic E-state index is 0.0854. The zero-order valence-corrected chi connectivity index (χ0v) is 24.8. The van der Waals surface area contributed by atoms with Crippen molar-refractivity contribution in [2.75, 3.05) is 52.6 Å². The fourth-order valence-electron chi connectivity index (χ4n) is 5.23. The monoisotopic (exact) mass is 571 g/mol. The number of aromatic nitrogens is 1. The summed E-state index contributed by atoms with van der Waals surface area (Å²) in [7, 11) is 0. The summed E-state index contributed by atoms with van der Waals surface area (Å²) in [5, 5.41) is 11.9. The van der Waals surface area contributed by atoms with Crippen molar-refractivity contribution in [1.82, 2.24) is 14.8 Å². The average molecular weight is 572 g/mol. The van der Waals surface area contributed by atoms with Crippen LogP contribution in [-0.4, -0.2) is 84.2 Å². The maximum absolute atomic E-state index is 13.9. The zero-order valence-electron chi connectivity index (χ0n) is 24.0. The lowest BCUT2D eigenvalue weighted by atomic mass is 9.94. The van der Waals surface area contributed by atoms with Crippen LogP contribution in [0.25, 0.3) is 0 Å². The molecule has 1 atom stereocenters. The first-order valence-electron chi connectivity index (χ1n) is 14.3. The van der Waals surface area contributed by atoms with Crippen molar-refractivity contribution in [3.8, 4) is 11.5 Å². The number of aliphatic hydroxyl groups is 1. The molecule has 40 heavy (non-hydrogen) atoms. The van der Waals surface area contributed by atoms with Gasteiger partial charge in [-0.05, 0) is 51.3 Å². The lowest BCUT2D eigenvalue weighted by Crippen LogP contribution is -2.39. The molecule has 0 radical (unpaired) electrons. The van der Waals surface area contributed by atoms with Crippen LogP contribution in [-0.2, 0) is 9.53 Å². The number of rotatable bonds is 14. The van der Waals surface area contributed by atoms with Crippen molar-refractivity contribution >= 4 is 23.0 Å². The number of unbranched alkanes of at least 4 members (excludes halogenated alkanes) is 2. The van der Waals surface area contributed by atoms with Crippen LogP contribution < -0.4 is 9.47 Å². The number of carbonyl (C=O) groups excluding carboxylic acids is 2. The molecule has 1 aromatic carbocycles. The van der Waals surface area contributed by atoms with Gasteiger partial charge in [0.15, 0.2) is 17.3 Å². The van der Waals surface area contributed by atoms with E-state index in [2.05, 4.69) is 16.8 Å². The highest BCUT2D eigenvalue weighted by Crippen LogP contribution is 2.42. The van der Waals surface area contributed by atoms with Crippen molar-refractivity contribution < 1.29 is 28.9 Å². The highest BCUT2D eigenvalue weighted by atomic mass is 32.1. The molecule has 0 spiro atoms. The van der Waals surface area contributed by atoms with Gasteiger partial charge in [0.05, 0.1) is 53.6 Å². The van der Waals surface area contributed by atoms with Crippen molar-refractivity contribution in [2.24, 2.45) is 0 Å². The van der Waals surface area contributed by atoms with Gasteiger partial charge in [-0.25, -0.2) is 4.98 Å². The summed E-state index contributed by atoms with van der Waals surface area (Å²) in [6.45, 7) is 13.0. The topological polar surface area (TPSA) is 101 Å². The molecule has 1 saturated heterocycles. The molecule has 2 aliphatic rings. The number of thiazole rings is 1. The van der Waals surface area contributed by atoms with Gasteiger partial charge in [0.1, 0.15) is 0 Å². The number of aliphatic hydroxyl groups excluding tert-OH is 1. The molecule has 2 aliphatic heterocycles. The van der Waals surface area contributed by atoms with Crippen LogP contribution in [0.15, 0.2) is 29.5 Å². The first kappa shape index (κ1) is 30.0. The normalized spacial score (nSPS) is 18.1. The van der Waals surface area contributed by atoms with E-state index in [1.807, 2.05) is 32.0 Å². The maximum Gasteiger partial charge on any atom is 0.290 e. The Morgan fingerprint density at radius 3 is 2.55 bits per heavy atom. The van der Waals surface area contributed by atoms with Crippen molar-refractivity contribution in [3.05, 3.63) is 50.7 Å². The van der Waals surface area contributed by atoms with Gasteiger partial charge in [-0.3, -0.25) is 14.5 Å². The molecule has 9 nitrogen and oxygen atoms in total. The molecule has 2 aromatic rings. The van der Waals surface area contributed by atoms with E-state index in [-0.39, 0.29) is 11.4 Å². The molecule has 0 saturated carbocycles. The van der Waals surface area contributed by atoms with Gasteiger partial charge in [-0.2, -0.15) is 0 Å². The van der Waals surface area contributed by atoms with E-state index in [1.165, 1.54) is 11.3 Å². The van der Waals surface area contributed by atoms with E-state index >= 15 is 0 Å². The average Bonchev–Trinajstić information content (AvgIpc) is 3.42. The van der Waals surface area contributed by atoms with Crippen molar-refractivity contribution in [3.63, 3.8) is 0 Å². The molecular weight excluding hydrogens is 530 g/mol. The predicted molar refractivity (Wildman–Crippen MR) is 155 cm³/mol. The smallest absolute Gasteiger partial charge is 0.290 e. The quantitative estimate of drug-likeness (QED) is 0.249. The van der Waals surface area contributed by atoms with Crippen LogP contribution in [0.2, 0.25) is 0 Å². The summed E-state index contributed by atoms with van der Waals surface area (Å²) in [6, 6.07) is 4.78. The van der Waals surface area contributed by atoms with Crippen LogP contribution >= 0.6 is 11.3 Å². The Hall–Kier alpha value is -2.95. The second kappa shape index (κ2) is 14.1. The Balaban J connectivity index is 1.66. The fourth-order valence-corrected chi connectivity index (χ4v) is 6.11. The van der Waals surface area contributed by atoms with Crippen LogP contribution in [0.3, 0.4) is 0 Å². The summed E-state index contributed by atoms with van der Waals surface area (Å²) < 4.78 is 17.4. The van der Waals surface area contributed by atoms with E-state index in [1.54, 1.807) is 11.8 Å². The minimum Gasteiger partial charge on any atom is -0.503 e. The number of nitrogens with zero attached hydrogens (tertiary/aromatic N) is 3. The summed E-state index contributed by atoms with van der Waals surface area (Å²) in [6.07, 6.45) is 3.83. The number of Topliss-reactive ketones (excluding diaryl/α,β-unsaturated/α-hetero) is 1. The van der Waals surface area contributed by atoms with Gasteiger partial charge in [0.2, 0.25) is 5.78 Å². The molecule has 0 aliphatic carbocycles. The number of aryl methyl sites for hydroxylation is 2. The van der Waals surface area contributed by atoms with Crippen molar-refractivity contribution in [1.29, 1.82) is 0 Å². The van der Waals surface area contributed by atoms with E-state index in [9.17, 15) is 14.7 Å². The van der Waals surface area contributed by atoms with Gasteiger partial charge in [0.25, 0.3) is 5.91 Å². The van der Waals surface area contributed by atoms with E-state index < -0.39 is 17.7 Å². The van der Waals surface area contributed by atoms with Gasteiger partial charge in [-0.15, -0.1) is 11.3 Å². The Labute approximate surface area is 240 Å². The lowest BCUT2D eigenvalue weighted by Gasteiger charge is -2.30. The predicted octanol–water partition coefficient (Wildman–Crippen LogP) is 5.03. The van der Waals surface area contributed by atoms with Crippen LogP contribution in [0.1, 0.15) is 71.5 Å². The third-order valence-electron chi connectivity index (χ3n) is 7.22. The third-order valence-corrected chi connectivity index (χ3v) is 8.30. The molecule has 1 N–H and O–H groups in total. The number of ether oxygens (including phenoxy) is 3. The summed E-state index contributed by atoms with van der Waals surface area (Å²) in [4.78, 5) is 36.1. The second-order valence-electron chi connectivity index (χ2n) is 10.1. The van der Waals surface area contributed by atoms with Crippen LogP contribution in [0.5, 0.6) is 11.5 Å². The summed E-state index contributed by atoms with van der Waals surface area (Å²) in [5.74, 6) is -0.218. The molecule has 0 bridgehead atoms. The molecule has 4 rings (SSSR count). The number of ketones is 1. The number of hydrogen-bond donors (Lipinski definition) is 1. The molecule has 1 aromatic heterocycles. The minimum atomic E-state index is -0.750. The Morgan fingerprint density at radius 1 is 1.10 bits per heavy atom. The Kier molecular flexibility index (Phi) is 10.6. The number of hydrogen-bond acceptors (Lipinski definition) is 9. The Bertz CT molecular complexity index is 1220. The Morgan fingerprint density at radius 2 is 1.88 bits per heavy atom. The summed E-state index contributed by atoms with van der Waals surface area (Å²) in [5.41, 5.74) is 1.37. The molecule has 10 heteroatoms. The largest absolute Gasteiger partial charge is 0.503 e. The molecule has 1 fully saturated rings. The van der Waals surface area contributed by atoms with Gasteiger partial charge in [0, 0.05) is 26.2 Å². The SMILES string of the molecule is CCCCCOc1ccc(C2C(C(=O)c3sc(C)nc3C)=C(O)C(=O)N2CCCN2CCOCC2)cc1OCC. The first-order chi connectivity index (χ1) is 19.3. The lowest BCUT2D eigenvalue weighted by molar-refractivity contribution is -0.129. The fraction of sp³-hybridized carbons (Fsp3) is 0.567. The number of benzene rings is 1. The van der Waals surface area contributed by atoms with Gasteiger partial charge >= 0.3 is 0 Å². The first-order valence-corrected chi connectivity index (χ1v) is 15.1. The number of carbonyl (C=O) groups is 2. The summed E-state index contributed by atoms with van der Waals surface area (Å²) >= 11 is 1.28. The van der Waals surface area contributed by atoms with Crippen LogP contribution in [0.4, 0.5) is 0 Å². The highest BCUT2D eigenvalue weighted by Gasteiger charge is 2.44. The molecule has 1 unspecified atom stereocenters. The second-order valence-corrected chi connectivity index (χ2v) is 11.3. The molecule has 3 heterocycles. The van der Waals surface area contributed by atoms with Gasteiger partial charge in [-0.1, -0.05) is 25.8 Å². The number of morpholine rings is 1. The maximum atomic E-state index is 13.9. The highest BCUT2D eigenvalue weighted by molar-refractivity contribution is 7.14. The van der Waals surface area contributed by atoms with Gasteiger partial charge < -0.3 is 24.2 Å². The number of amides is 1. The molecular formula is C30H41N3O6S.